The molecule has 62 valence electrons. The Kier molecular flexibility index (Phi) is 2.29. The van der Waals surface area contributed by atoms with Gasteiger partial charge < -0.3 is 4.72 Å². The molecule has 0 fully saturated rings. The number of hydrogen-bond donors (Lipinski definition) is 2. The van der Waals surface area contributed by atoms with E-state index in [-0.39, 0.29) is 0 Å². The Morgan fingerprint density at radius 1 is 1.18 bits per heavy atom. The van der Waals surface area contributed by atoms with Crippen molar-refractivity contribution in [1.29, 1.82) is 0 Å². The molecule has 0 radical (unpaired) electrons. The number of para-hydroxylation sites is 1. The fourth-order valence-electron chi connectivity index (χ4n) is 0.824. The third kappa shape index (κ3) is 3.18. The summed E-state index contributed by atoms with van der Waals surface area (Å²) >= 11 is 0. The Morgan fingerprint density at radius 3 is 2.18 bits per heavy atom. The van der Waals surface area contributed by atoms with Gasteiger partial charge in [-0.05, 0) is 22.3 Å². The summed E-state index contributed by atoms with van der Waals surface area (Å²) in [4.78, 5) is 0. The van der Waals surface area contributed by atoms with Gasteiger partial charge in [0, 0.05) is 18.2 Å². The molecule has 0 saturated heterocycles. The summed E-state index contributed by atoms with van der Waals surface area (Å²) in [5.74, 6) is 0. The zero-order valence-corrected chi connectivity index (χ0v) is 7.64. The van der Waals surface area contributed by atoms with Gasteiger partial charge in [0.25, 0.3) is 0 Å². The first-order chi connectivity index (χ1) is 5.08. The maximum absolute atomic E-state index is 11.3. The highest BCUT2D eigenvalue weighted by molar-refractivity contribution is 8.02. The van der Waals surface area contributed by atoms with E-state index in [2.05, 4.69) is 4.72 Å². The van der Waals surface area contributed by atoms with Crippen LogP contribution in [0.4, 0.5) is 5.69 Å². The second-order valence-corrected chi connectivity index (χ2v) is 5.75. The second kappa shape index (κ2) is 3.05. The first-order valence-electron chi connectivity index (χ1n) is 3.46. The van der Waals surface area contributed by atoms with Crippen molar-refractivity contribution >= 4 is 15.8 Å². The van der Waals surface area contributed by atoms with Crippen LogP contribution in [-0.4, -0.2) is 16.7 Å². The summed E-state index contributed by atoms with van der Waals surface area (Å²) in [5.41, 5.74) is 0.917. The second-order valence-electron chi connectivity index (χ2n) is 2.83. The monoisotopic (exact) mass is 171 g/mol. The van der Waals surface area contributed by atoms with Crippen LogP contribution in [0.25, 0.3) is 0 Å². The number of anilines is 1. The van der Waals surface area contributed by atoms with Crippen molar-refractivity contribution in [2.45, 2.75) is 0 Å². The van der Waals surface area contributed by atoms with Gasteiger partial charge in [0.15, 0.2) is 0 Å². The highest BCUT2D eigenvalue weighted by atomic mass is 32.3. The zero-order chi connectivity index (χ0) is 8.32. The lowest BCUT2D eigenvalue weighted by Crippen LogP contribution is -2.17. The van der Waals surface area contributed by atoms with Crippen molar-refractivity contribution in [3.63, 3.8) is 0 Å². The Balaban J connectivity index is 2.74. The SMILES string of the molecule is C[SH](C)(=O)Nc1ccccc1. The van der Waals surface area contributed by atoms with Crippen LogP contribution in [0, 0.1) is 0 Å². The summed E-state index contributed by atoms with van der Waals surface area (Å²) in [5, 5.41) is 0. The van der Waals surface area contributed by atoms with Gasteiger partial charge in [0.2, 0.25) is 0 Å². The quantitative estimate of drug-likeness (QED) is 0.645. The van der Waals surface area contributed by atoms with E-state index >= 15 is 0 Å². The van der Waals surface area contributed by atoms with E-state index in [1.165, 1.54) is 0 Å². The van der Waals surface area contributed by atoms with Gasteiger partial charge in [0.1, 0.15) is 0 Å². The summed E-state index contributed by atoms with van der Waals surface area (Å²) < 4.78 is 14.2. The van der Waals surface area contributed by atoms with Gasteiger partial charge in [0.05, 0.1) is 0 Å². The standard InChI is InChI=1S/C8H13NOS/c1-11(2,10)9-8-6-4-3-5-7-8/h3-7,11H,1-2H3,(H,9,10). The molecule has 0 heterocycles. The van der Waals surface area contributed by atoms with Gasteiger partial charge in [-0.2, -0.15) is 0 Å². The fourth-order valence-corrected chi connectivity index (χ4v) is 1.59. The molecule has 0 bridgehead atoms. The molecule has 11 heavy (non-hydrogen) atoms. The van der Waals surface area contributed by atoms with Gasteiger partial charge in [-0.15, -0.1) is 0 Å². The molecule has 2 nitrogen and oxygen atoms in total. The van der Waals surface area contributed by atoms with Crippen LogP contribution in [0.2, 0.25) is 0 Å². The molecule has 0 atom stereocenters. The third-order valence-corrected chi connectivity index (χ3v) is 1.97. The molecule has 0 aliphatic carbocycles. The largest absolute Gasteiger partial charge is 0.327 e. The van der Waals surface area contributed by atoms with Crippen molar-refractivity contribution in [1.82, 2.24) is 0 Å². The van der Waals surface area contributed by atoms with E-state index in [1.54, 1.807) is 12.5 Å². The van der Waals surface area contributed by atoms with E-state index in [0.29, 0.717) is 0 Å². The maximum Gasteiger partial charge on any atom is 0.0443 e. The van der Waals surface area contributed by atoms with E-state index in [0.717, 1.165) is 5.69 Å². The highest BCUT2D eigenvalue weighted by Gasteiger charge is 1.96. The predicted octanol–water partition coefficient (Wildman–Crippen LogP) is 1.29. The van der Waals surface area contributed by atoms with Crippen molar-refractivity contribution in [2.24, 2.45) is 0 Å². The molecule has 0 aromatic heterocycles. The molecule has 0 unspecified atom stereocenters. The smallest absolute Gasteiger partial charge is 0.0443 e. The maximum atomic E-state index is 11.3. The normalized spacial score (nSPS) is 12.5. The zero-order valence-electron chi connectivity index (χ0n) is 6.74. The number of rotatable bonds is 2. The molecule has 1 aromatic carbocycles. The predicted molar refractivity (Wildman–Crippen MR) is 51.5 cm³/mol. The average molecular weight is 171 g/mol. The number of hydrogen-bond acceptors (Lipinski definition) is 1. The molecule has 0 aliphatic rings. The minimum Gasteiger partial charge on any atom is -0.327 e. The first kappa shape index (κ1) is 8.27. The van der Waals surface area contributed by atoms with E-state index in [4.69, 9.17) is 0 Å². The van der Waals surface area contributed by atoms with Crippen LogP contribution in [0.15, 0.2) is 30.3 Å². The van der Waals surface area contributed by atoms with Crippen LogP contribution in [0.1, 0.15) is 0 Å². The van der Waals surface area contributed by atoms with Crippen molar-refractivity contribution < 1.29 is 4.21 Å². The Labute approximate surface area is 68.2 Å². The molecule has 1 aromatic rings. The van der Waals surface area contributed by atoms with Crippen LogP contribution >= 0.6 is 0 Å². The highest BCUT2D eigenvalue weighted by Crippen LogP contribution is 2.08. The third-order valence-electron chi connectivity index (χ3n) is 1.17. The Hall–Kier alpha value is -0.830. The molecule has 3 heteroatoms. The van der Waals surface area contributed by atoms with Crippen LogP contribution in [0.5, 0.6) is 0 Å². The lowest BCUT2D eigenvalue weighted by molar-refractivity contribution is 0.682. The van der Waals surface area contributed by atoms with E-state index in [9.17, 15) is 4.21 Å². The topological polar surface area (TPSA) is 29.1 Å². The van der Waals surface area contributed by atoms with Crippen molar-refractivity contribution in [3.8, 4) is 0 Å². The van der Waals surface area contributed by atoms with Crippen LogP contribution in [0.3, 0.4) is 0 Å². The summed E-state index contributed by atoms with van der Waals surface area (Å²) in [6.45, 7) is 0. The minimum atomic E-state index is -2.14. The molecule has 1 rings (SSSR count). The fraction of sp³-hybridized carbons (Fsp3) is 0.250. The van der Waals surface area contributed by atoms with E-state index < -0.39 is 10.1 Å². The Morgan fingerprint density at radius 2 is 1.73 bits per heavy atom. The molecule has 0 saturated carbocycles. The Bertz CT molecular complexity index is 265. The molecular formula is C8H13NOS. The van der Waals surface area contributed by atoms with E-state index in [1.807, 2.05) is 30.3 Å². The average Bonchev–Trinajstić information content (AvgIpc) is 1.85. The molecule has 0 aliphatic heterocycles. The molecule has 0 amide bonds. The minimum absolute atomic E-state index is 0.917. The van der Waals surface area contributed by atoms with Gasteiger partial charge >= 0.3 is 0 Å². The number of benzene rings is 1. The van der Waals surface area contributed by atoms with Crippen LogP contribution < -0.4 is 4.72 Å². The van der Waals surface area contributed by atoms with Crippen molar-refractivity contribution in [3.05, 3.63) is 30.3 Å². The summed E-state index contributed by atoms with van der Waals surface area (Å²) in [6.07, 6.45) is 3.42. The van der Waals surface area contributed by atoms with Gasteiger partial charge in [-0.25, -0.2) is 0 Å². The van der Waals surface area contributed by atoms with Gasteiger partial charge in [-0.3, -0.25) is 4.21 Å². The van der Waals surface area contributed by atoms with Gasteiger partial charge in [-0.1, -0.05) is 18.2 Å². The first-order valence-corrected chi connectivity index (χ1v) is 6.06. The summed E-state index contributed by atoms with van der Waals surface area (Å²) in [6, 6.07) is 9.57. The van der Waals surface area contributed by atoms with Crippen molar-refractivity contribution in [2.75, 3.05) is 17.2 Å². The summed E-state index contributed by atoms with van der Waals surface area (Å²) in [7, 11) is -2.14. The molecule has 0 spiro atoms. The molecular weight excluding hydrogens is 158 g/mol. The van der Waals surface area contributed by atoms with Crippen LogP contribution in [-0.2, 0) is 10.1 Å². The number of nitrogens with one attached hydrogen (secondary N) is 1. The lowest BCUT2D eigenvalue weighted by atomic mass is 10.3. The molecule has 1 N–H and O–H groups in total. The lowest BCUT2D eigenvalue weighted by Gasteiger charge is -2.15. The number of thiol groups is 1.